The Balaban J connectivity index is 1.97. The number of hydrogen-bond donors (Lipinski definition) is 0. The Morgan fingerprint density at radius 2 is 2.06 bits per heavy atom. The smallest absolute Gasteiger partial charge is 0.308 e. The highest BCUT2D eigenvalue weighted by atomic mass is 35.5. The minimum absolute atomic E-state index is 0.0304. The molecule has 1 aliphatic rings. The second kappa shape index (κ2) is 5.08. The fourth-order valence-electron chi connectivity index (χ4n) is 2.32. The van der Waals surface area contributed by atoms with Crippen molar-refractivity contribution in [3.8, 4) is 0 Å². The van der Waals surface area contributed by atoms with E-state index in [1.54, 1.807) is 0 Å². The minimum Gasteiger partial charge on any atom is -0.469 e. The Morgan fingerprint density at radius 1 is 1.41 bits per heavy atom. The van der Waals surface area contributed by atoms with Gasteiger partial charge >= 0.3 is 5.97 Å². The molecule has 1 aromatic rings. The van der Waals surface area contributed by atoms with Crippen LogP contribution in [0.2, 0.25) is 5.22 Å². The maximum Gasteiger partial charge on any atom is 0.308 e. The van der Waals surface area contributed by atoms with Crippen LogP contribution in [0.1, 0.15) is 43.2 Å². The molecule has 0 radical (unpaired) electrons. The third-order valence-electron chi connectivity index (χ3n) is 3.37. The molecule has 5 heteroatoms. The average Bonchev–Trinajstić information content (AvgIpc) is 2.69. The number of rotatable bonds is 2. The number of methoxy groups -OCH3 is 1. The second-order valence-corrected chi connectivity index (χ2v) is 4.83. The molecule has 1 heterocycles. The van der Waals surface area contributed by atoms with Crippen molar-refractivity contribution in [2.75, 3.05) is 7.11 Å². The van der Waals surface area contributed by atoms with E-state index in [-0.39, 0.29) is 17.8 Å². The number of aromatic nitrogens is 1. The van der Waals surface area contributed by atoms with Crippen molar-refractivity contribution in [3.05, 3.63) is 16.8 Å². The number of carbonyl (C=O) groups is 1. The van der Waals surface area contributed by atoms with Crippen LogP contribution in [0.25, 0.3) is 0 Å². The van der Waals surface area contributed by atoms with Gasteiger partial charge in [0.05, 0.1) is 18.7 Å². The molecule has 0 saturated heterocycles. The van der Waals surface area contributed by atoms with Crippen LogP contribution in [0.5, 0.6) is 0 Å². The zero-order valence-electron chi connectivity index (χ0n) is 10.0. The molecule has 0 aromatic carbocycles. The number of esters is 1. The molecule has 17 heavy (non-hydrogen) atoms. The van der Waals surface area contributed by atoms with E-state index in [1.165, 1.54) is 7.11 Å². The number of carbonyl (C=O) groups excluding carboxylic acids is 1. The third-order valence-corrected chi connectivity index (χ3v) is 3.72. The van der Waals surface area contributed by atoms with Gasteiger partial charge in [0.25, 0.3) is 0 Å². The topological polar surface area (TPSA) is 52.3 Å². The maximum absolute atomic E-state index is 11.4. The molecule has 1 fully saturated rings. The van der Waals surface area contributed by atoms with Gasteiger partial charge in [-0.1, -0.05) is 0 Å². The first-order chi connectivity index (χ1) is 8.11. The fourth-order valence-corrected chi connectivity index (χ4v) is 2.44. The average molecular weight is 258 g/mol. The van der Waals surface area contributed by atoms with Crippen molar-refractivity contribution in [2.45, 2.75) is 38.5 Å². The Labute approximate surface area is 105 Å². The molecule has 1 aromatic heterocycles. The van der Waals surface area contributed by atoms with Crippen molar-refractivity contribution >= 4 is 17.6 Å². The summed E-state index contributed by atoms with van der Waals surface area (Å²) in [5, 5.41) is 0.370. The molecule has 1 aliphatic carbocycles. The lowest BCUT2D eigenvalue weighted by Crippen LogP contribution is -2.22. The van der Waals surface area contributed by atoms with E-state index in [4.69, 9.17) is 20.8 Å². The van der Waals surface area contributed by atoms with Crippen LogP contribution in [-0.2, 0) is 9.53 Å². The lowest BCUT2D eigenvalue weighted by Gasteiger charge is -2.24. The summed E-state index contributed by atoms with van der Waals surface area (Å²) in [6, 6.07) is 0. The summed E-state index contributed by atoms with van der Waals surface area (Å²) in [6.45, 7) is 1.83. The SMILES string of the molecule is COC(=O)C1CCC(c2nc(C)c(Cl)o2)CC1. The Hall–Kier alpha value is -1.03. The minimum atomic E-state index is -0.106. The number of nitrogens with zero attached hydrogens (tertiary/aromatic N) is 1. The highest BCUT2D eigenvalue weighted by molar-refractivity contribution is 6.29. The normalized spacial score (nSPS) is 24.6. The number of hydrogen-bond acceptors (Lipinski definition) is 4. The first-order valence-electron chi connectivity index (χ1n) is 5.82. The standard InChI is InChI=1S/C12H16ClNO3/c1-7-10(13)17-11(14-7)8-3-5-9(6-4-8)12(15)16-2/h8-9H,3-6H2,1-2H3. The first kappa shape index (κ1) is 12.4. The predicted octanol–water partition coefficient (Wildman–Crippen LogP) is 3.08. The molecule has 1 saturated carbocycles. The molecule has 4 nitrogen and oxygen atoms in total. The summed E-state index contributed by atoms with van der Waals surface area (Å²) < 4.78 is 10.2. The maximum atomic E-state index is 11.4. The molecule has 0 amide bonds. The van der Waals surface area contributed by atoms with Gasteiger partial charge in [-0.05, 0) is 44.2 Å². The number of ether oxygens (including phenoxy) is 1. The van der Waals surface area contributed by atoms with E-state index in [0.29, 0.717) is 11.1 Å². The Kier molecular flexibility index (Phi) is 3.72. The summed E-state index contributed by atoms with van der Waals surface area (Å²) in [5.74, 6) is 0.908. The Bertz CT molecular complexity index is 388. The van der Waals surface area contributed by atoms with Gasteiger partial charge in [-0.25, -0.2) is 4.98 Å². The second-order valence-electron chi connectivity index (χ2n) is 4.48. The van der Waals surface area contributed by atoms with Crippen LogP contribution in [0.3, 0.4) is 0 Å². The van der Waals surface area contributed by atoms with Gasteiger partial charge in [-0.15, -0.1) is 0 Å². The number of halogens is 1. The van der Waals surface area contributed by atoms with E-state index in [1.807, 2.05) is 6.92 Å². The van der Waals surface area contributed by atoms with Crippen molar-refractivity contribution in [3.63, 3.8) is 0 Å². The molecule has 94 valence electrons. The largest absolute Gasteiger partial charge is 0.469 e. The summed E-state index contributed by atoms with van der Waals surface area (Å²) in [4.78, 5) is 15.7. The van der Waals surface area contributed by atoms with Crippen LogP contribution in [0.4, 0.5) is 0 Å². The van der Waals surface area contributed by atoms with E-state index < -0.39 is 0 Å². The monoisotopic (exact) mass is 257 g/mol. The van der Waals surface area contributed by atoms with Gasteiger partial charge in [0, 0.05) is 5.92 Å². The zero-order chi connectivity index (χ0) is 12.4. The molecule has 0 spiro atoms. The summed E-state index contributed by atoms with van der Waals surface area (Å²) in [6.07, 6.45) is 3.46. The predicted molar refractivity (Wildman–Crippen MR) is 63.0 cm³/mol. The highest BCUT2D eigenvalue weighted by Gasteiger charge is 2.30. The lowest BCUT2D eigenvalue weighted by atomic mass is 9.82. The van der Waals surface area contributed by atoms with E-state index in [0.717, 1.165) is 31.4 Å². The zero-order valence-corrected chi connectivity index (χ0v) is 10.8. The van der Waals surface area contributed by atoms with Gasteiger partial charge in [0.1, 0.15) is 0 Å². The van der Waals surface area contributed by atoms with Crippen LogP contribution in [-0.4, -0.2) is 18.1 Å². The van der Waals surface area contributed by atoms with Gasteiger partial charge < -0.3 is 9.15 Å². The van der Waals surface area contributed by atoms with Crippen LogP contribution < -0.4 is 0 Å². The molecular formula is C12H16ClNO3. The first-order valence-corrected chi connectivity index (χ1v) is 6.20. The lowest BCUT2D eigenvalue weighted by molar-refractivity contribution is -0.146. The molecule has 0 atom stereocenters. The molecule has 0 aliphatic heterocycles. The molecule has 2 rings (SSSR count). The fraction of sp³-hybridized carbons (Fsp3) is 0.667. The van der Waals surface area contributed by atoms with Gasteiger partial charge in [-0.2, -0.15) is 0 Å². The van der Waals surface area contributed by atoms with Crippen molar-refractivity contribution in [2.24, 2.45) is 5.92 Å². The van der Waals surface area contributed by atoms with Gasteiger partial charge in [-0.3, -0.25) is 4.79 Å². The number of oxazole rings is 1. The number of aryl methyl sites for hydroxylation is 1. The molecular weight excluding hydrogens is 242 g/mol. The third kappa shape index (κ3) is 2.63. The van der Waals surface area contributed by atoms with Gasteiger partial charge in [0.15, 0.2) is 5.89 Å². The molecule has 0 N–H and O–H groups in total. The summed E-state index contributed by atoms with van der Waals surface area (Å²) in [7, 11) is 1.44. The van der Waals surface area contributed by atoms with E-state index >= 15 is 0 Å². The highest BCUT2D eigenvalue weighted by Crippen LogP contribution is 2.37. The molecule has 0 bridgehead atoms. The van der Waals surface area contributed by atoms with Crippen molar-refractivity contribution in [1.29, 1.82) is 0 Å². The van der Waals surface area contributed by atoms with Crippen molar-refractivity contribution in [1.82, 2.24) is 4.98 Å². The van der Waals surface area contributed by atoms with Gasteiger partial charge in [0.2, 0.25) is 5.22 Å². The molecule has 0 unspecified atom stereocenters. The quantitative estimate of drug-likeness (QED) is 0.764. The van der Waals surface area contributed by atoms with Crippen molar-refractivity contribution < 1.29 is 13.9 Å². The van der Waals surface area contributed by atoms with E-state index in [2.05, 4.69) is 4.98 Å². The van der Waals surface area contributed by atoms with Crippen LogP contribution >= 0.6 is 11.6 Å². The van der Waals surface area contributed by atoms with Crippen LogP contribution in [0, 0.1) is 12.8 Å². The summed E-state index contributed by atoms with van der Waals surface area (Å²) >= 11 is 5.85. The van der Waals surface area contributed by atoms with E-state index in [9.17, 15) is 4.79 Å². The van der Waals surface area contributed by atoms with Crippen LogP contribution in [0.15, 0.2) is 4.42 Å². The Morgan fingerprint density at radius 3 is 2.53 bits per heavy atom. The summed E-state index contributed by atoms with van der Waals surface area (Å²) in [5.41, 5.74) is 0.733.